The number of carbonyl (C=O) groups is 1. The van der Waals surface area contributed by atoms with Gasteiger partial charge in [-0.3, -0.25) is 4.79 Å². The molecular formula is C22H24ClN2O2+. The summed E-state index contributed by atoms with van der Waals surface area (Å²) in [7, 11) is 0. The van der Waals surface area contributed by atoms with Crippen LogP contribution in [0.4, 0.5) is 0 Å². The molecule has 0 radical (unpaired) electrons. The van der Waals surface area contributed by atoms with Crippen LogP contribution in [0, 0.1) is 6.92 Å². The van der Waals surface area contributed by atoms with Gasteiger partial charge in [-0.05, 0) is 30.7 Å². The first-order valence-electron chi connectivity index (χ1n) is 9.49. The van der Waals surface area contributed by atoms with Gasteiger partial charge in [0, 0.05) is 40.9 Å². The van der Waals surface area contributed by atoms with Crippen molar-refractivity contribution < 1.29 is 14.1 Å². The lowest BCUT2D eigenvalue weighted by molar-refractivity contribution is -0.901. The Labute approximate surface area is 164 Å². The van der Waals surface area contributed by atoms with Crippen LogP contribution < -0.4 is 10.2 Å². The van der Waals surface area contributed by atoms with E-state index in [9.17, 15) is 4.79 Å². The zero-order valence-corrected chi connectivity index (χ0v) is 16.2. The van der Waals surface area contributed by atoms with Gasteiger partial charge in [-0.15, -0.1) is 0 Å². The van der Waals surface area contributed by atoms with Gasteiger partial charge in [0.25, 0.3) is 5.91 Å². The van der Waals surface area contributed by atoms with E-state index in [1.165, 1.54) is 37.1 Å². The Morgan fingerprint density at radius 3 is 2.67 bits per heavy atom. The molecule has 2 aromatic carbocycles. The average molecular weight is 384 g/mol. The maximum atomic E-state index is 12.7. The highest BCUT2D eigenvalue weighted by molar-refractivity contribution is 6.31. The van der Waals surface area contributed by atoms with Crippen molar-refractivity contribution in [1.82, 2.24) is 5.32 Å². The van der Waals surface area contributed by atoms with Crippen LogP contribution in [-0.2, 0) is 13.1 Å². The third-order valence-corrected chi connectivity index (χ3v) is 5.65. The molecule has 4 nitrogen and oxygen atoms in total. The Hall–Kier alpha value is -2.30. The van der Waals surface area contributed by atoms with Crippen molar-refractivity contribution in [3.05, 3.63) is 69.9 Å². The molecule has 4 rings (SSSR count). The lowest BCUT2D eigenvalue weighted by atomic mass is 10.1. The molecule has 0 spiro atoms. The van der Waals surface area contributed by atoms with E-state index in [1.54, 1.807) is 17.0 Å². The van der Waals surface area contributed by atoms with E-state index >= 15 is 0 Å². The normalized spacial score (nSPS) is 14.7. The fraction of sp³-hybridized carbons (Fsp3) is 0.318. The minimum absolute atomic E-state index is 0.192. The summed E-state index contributed by atoms with van der Waals surface area (Å²) in [5.74, 6) is 0.165. The average Bonchev–Trinajstić information content (AvgIpc) is 3.29. The van der Waals surface area contributed by atoms with E-state index in [1.807, 2.05) is 19.1 Å². The fourth-order valence-electron chi connectivity index (χ4n) is 3.89. The van der Waals surface area contributed by atoms with Gasteiger partial charge in [-0.2, -0.15) is 0 Å². The molecule has 0 aliphatic carbocycles. The Balaban J connectivity index is 1.49. The van der Waals surface area contributed by atoms with E-state index in [0.29, 0.717) is 22.9 Å². The molecule has 1 aliphatic heterocycles. The van der Waals surface area contributed by atoms with Crippen molar-refractivity contribution in [3.8, 4) is 0 Å². The number of hydrogen-bond donors (Lipinski definition) is 2. The molecule has 1 aliphatic rings. The van der Waals surface area contributed by atoms with Crippen LogP contribution in [-0.4, -0.2) is 19.0 Å². The molecule has 0 bridgehead atoms. The molecule has 0 saturated carbocycles. The number of likely N-dealkylation sites (tertiary alicyclic amines) is 1. The minimum atomic E-state index is -0.192. The number of furan rings is 1. The number of halogens is 1. The number of nitrogens with one attached hydrogen (secondary N) is 2. The number of benzene rings is 2. The molecule has 1 saturated heterocycles. The topological polar surface area (TPSA) is 46.7 Å². The summed E-state index contributed by atoms with van der Waals surface area (Å²) in [5.41, 5.74) is 3.98. The molecule has 0 atom stereocenters. The summed E-state index contributed by atoms with van der Waals surface area (Å²) in [6.45, 7) is 5.89. The highest BCUT2D eigenvalue weighted by Crippen LogP contribution is 2.27. The van der Waals surface area contributed by atoms with Gasteiger partial charge < -0.3 is 14.6 Å². The number of fused-ring (bicyclic) bond motifs is 1. The maximum absolute atomic E-state index is 12.7. The first kappa shape index (κ1) is 18.1. The molecule has 2 N–H and O–H groups in total. The molecule has 5 heteroatoms. The summed E-state index contributed by atoms with van der Waals surface area (Å²) in [6, 6.07) is 13.8. The second kappa shape index (κ2) is 7.75. The zero-order valence-electron chi connectivity index (χ0n) is 15.5. The van der Waals surface area contributed by atoms with E-state index in [-0.39, 0.29) is 5.91 Å². The highest BCUT2D eigenvalue weighted by Gasteiger charge is 2.20. The molecule has 0 unspecified atom stereocenters. The van der Waals surface area contributed by atoms with Crippen molar-refractivity contribution in [2.75, 3.05) is 13.1 Å². The first-order chi connectivity index (χ1) is 13.1. The van der Waals surface area contributed by atoms with Crippen molar-refractivity contribution in [2.45, 2.75) is 32.9 Å². The van der Waals surface area contributed by atoms with E-state index in [2.05, 4.69) is 23.5 Å². The smallest absolute Gasteiger partial charge is 0.287 e. The van der Waals surface area contributed by atoms with Crippen molar-refractivity contribution in [1.29, 1.82) is 0 Å². The standard InChI is InChI=1S/C22H23ClN2O2/c1-15-19-12-18(23)8-9-20(19)27-21(15)22(26)24-13-16-6-2-3-7-17(16)14-25-10-4-5-11-25/h2-3,6-9,12H,4-5,10-11,13-14H2,1H3,(H,24,26)/p+1. The van der Waals surface area contributed by atoms with Crippen molar-refractivity contribution in [2.24, 2.45) is 0 Å². The second-order valence-corrected chi connectivity index (χ2v) is 7.72. The molecule has 1 aromatic heterocycles. The predicted octanol–water partition coefficient (Wildman–Crippen LogP) is 3.50. The van der Waals surface area contributed by atoms with Gasteiger partial charge in [0.1, 0.15) is 12.1 Å². The number of amides is 1. The van der Waals surface area contributed by atoms with E-state index < -0.39 is 0 Å². The van der Waals surface area contributed by atoms with Gasteiger partial charge in [0.05, 0.1) is 13.1 Å². The molecule has 140 valence electrons. The van der Waals surface area contributed by atoms with E-state index in [4.69, 9.17) is 16.0 Å². The van der Waals surface area contributed by atoms with Crippen LogP contribution in [0.25, 0.3) is 11.0 Å². The van der Waals surface area contributed by atoms with Crippen LogP contribution in [0.5, 0.6) is 0 Å². The second-order valence-electron chi connectivity index (χ2n) is 7.28. The Bertz CT molecular complexity index is 974. The predicted molar refractivity (Wildman–Crippen MR) is 107 cm³/mol. The maximum Gasteiger partial charge on any atom is 0.287 e. The Morgan fingerprint density at radius 1 is 1.15 bits per heavy atom. The van der Waals surface area contributed by atoms with Gasteiger partial charge in [0.2, 0.25) is 0 Å². The third-order valence-electron chi connectivity index (χ3n) is 5.41. The van der Waals surface area contributed by atoms with Crippen LogP contribution in [0.15, 0.2) is 46.9 Å². The monoisotopic (exact) mass is 383 g/mol. The highest BCUT2D eigenvalue weighted by atomic mass is 35.5. The molecular weight excluding hydrogens is 360 g/mol. The lowest BCUT2D eigenvalue weighted by Crippen LogP contribution is -3.08. The third kappa shape index (κ3) is 3.87. The van der Waals surface area contributed by atoms with Gasteiger partial charge >= 0.3 is 0 Å². The Kier molecular flexibility index (Phi) is 5.19. The number of quaternary nitrogens is 1. The van der Waals surface area contributed by atoms with Crippen molar-refractivity contribution in [3.63, 3.8) is 0 Å². The quantitative estimate of drug-likeness (QED) is 0.708. The SMILES string of the molecule is Cc1c(C(=O)NCc2ccccc2C[NH+]2CCCC2)oc2ccc(Cl)cc12. The molecule has 1 fully saturated rings. The van der Waals surface area contributed by atoms with Crippen LogP contribution in [0.2, 0.25) is 5.02 Å². The number of hydrogen-bond acceptors (Lipinski definition) is 2. The number of aryl methyl sites for hydroxylation is 1. The summed E-state index contributed by atoms with van der Waals surface area (Å²) in [5, 5.41) is 4.54. The molecule has 2 heterocycles. The summed E-state index contributed by atoms with van der Waals surface area (Å²) < 4.78 is 5.77. The largest absolute Gasteiger partial charge is 0.451 e. The Morgan fingerprint density at radius 2 is 1.89 bits per heavy atom. The van der Waals surface area contributed by atoms with Crippen molar-refractivity contribution >= 4 is 28.5 Å². The van der Waals surface area contributed by atoms with Gasteiger partial charge in [-0.25, -0.2) is 0 Å². The first-order valence-corrected chi connectivity index (χ1v) is 9.87. The summed E-state index contributed by atoms with van der Waals surface area (Å²) in [4.78, 5) is 14.3. The summed E-state index contributed by atoms with van der Waals surface area (Å²) in [6.07, 6.45) is 2.62. The van der Waals surface area contributed by atoms with Crippen LogP contribution >= 0.6 is 11.6 Å². The van der Waals surface area contributed by atoms with E-state index in [0.717, 1.165) is 17.5 Å². The number of rotatable bonds is 5. The van der Waals surface area contributed by atoms with Crippen LogP contribution in [0.1, 0.15) is 40.1 Å². The van der Waals surface area contributed by atoms with Gasteiger partial charge in [-0.1, -0.05) is 35.9 Å². The molecule has 27 heavy (non-hydrogen) atoms. The lowest BCUT2D eigenvalue weighted by Gasteiger charge is -2.15. The number of carbonyl (C=O) groups excluding carboxylic acids is 1. The van der Waals surface area contributed by atoms with Gasteiger partial charge in [0.15, 0.2) is 5.76 Å². The fourth-order valence-corrected chi connectivity index (χ4v) is 4.06. The molecule has 3 aromatic rings. The van der Waals surface area contributed by atoms with Crippen LogP contribution in [0.3, 0.4) is 0 Å². The molecule has 1 amide bonds. The zero-order chi connectivity index (χ0) is 18.8. The summed E-state index contributed by atoms with van der Waals surface area (Å²) >= 11 is 6.06. The minimum Gasteiger partial charge on any atom is -0.451 e.